The van der Waals surface area contributed by atoms with Crippen molar-refractivity contribution in [3.8, 4) is 22.6 Å². The number of hydrogen-bond donors (Lipinski definition) is 0. The number of benzene rings is 3. The summed E-state index contributed by atoms with van der Waals surface area (Å²) in [6.07, 6.45) is 4.96. The molecule has 1 aliphatic heterocycles. The molecule has 32 heavy (non-hydrogen) atoms. The summed E-state index contributed by atoms with van der Waals surface area (Å²) in [5.41, 5.74) is 4.70. The summed E-state index contributed by atoms with van der Waals surface area (Å²) in [5.74, 6) is -0.209. The van der Waals surface area contributed by atoms with E-state index in [9.17, 15) is 4.79 Å². The molecule has 0 N–H and O–H groups in total. The number of carbonyl (C=O) groups excluding carboxylic acids is 1. The Morgan fingerprint density at radius 2 is 1.81 bits per heavy atom. The number of hydrogen-bond acceptors (Lipinski definition) is 4. The molecule has 0 saturated heterocycles. The van der Waals surface area contributed by atoms with Crippen LogP contribution in [0.5, 0.6) is 0 Å². The average Bonchev–Trinajstić information content (AvgIpc) is 3.31. The highest BCUT2D eigenvalue weighted by atomic mass is 35.5. The quantitative estimate of drug-likeness (QED) is 0.367. The van der Waals surface area contributed by atoms with E-state index >= 15 is 4.39 Å². The van der Waals surface area contributed by atoms with Crippen molar-refractivity contribution in [2.75, 3.05) is 4.90 Å². The van der Waals surface area contributed by atoms with Crippen molar-refractivity contribution in [1.29, 1.82) is 0 Å². The molecular weight excluding hydrogens is 429 g/mol. The van der Waals surface area contributed by atoms with Gasteiger partial charge in [-0.2, -0.15) is 0 Å². The molecule has 0 spiro atoms. The number of carbonyl (C=O) groups is 1. The fourth-order valence-corrected chi connectivity index (χ4v) is 4.10. The minimum absolute atomic E-state index is 0.132. The van der Waals surface area contributed by atoms with E-state index in [1.165, 1.54) is 19.4 Å². The molecule has 7 heteroatoms. The second-order valence-corrected chi connectivity index (χ2v) is 7.90. The standard InChI is InChI=1S/C25H17ClFN3O2/c1-15(31)30-13-18-10-22(20-4-2-3-5-21(20)25-29-28-14-32-25)23(27)11-17(18)7-6-16-8-9-19(26)12-24(16)30/h2-12,14H,13H2,1H3. The van der Waals surface area contributed by atoms with Crippen LogP contribution in [0.3, 0.4) is 0 Å². The maximum Gasteiger partial charge on any atom is 0.248 e. The molecule has 0 unspecified atom stereocenters. The lowest BCUT2D eigenvalue weighted by atomic mass is 9.93. The fourth-order valence-electron chi connectivity index (χ4n) is 3.93. The number of amides is 1. The molecule has 1 aromatic heterocycles. The first kappa shape index (κ1) is 20.2. The van der Waals surface area contributed by atoms with Crippen molar-refractivity contribution < 1.29 is 13.6 Å². The average molecular weight is 446 g/mol. The fraction of sp³-hybridized carbons (Fsp3) is 0.0800. The molecule has 2 heterocycles. The largest absolute Gasteiger partial charge is 0.423 e. The monoisotopic (exact) mass is 445 g/mol. The minimum Gasteiger partial charge on any atom is -0.423 e. The zero-order valence-electron chi connectivity index (χ0n) is 17.0. The maximum atomic E-state index is 15.3. The lowest BCUT2D eigenvalue weighted by molar-refractivity contribution is -0.116. The van der Waals surface area contributed by atoms with Gasteiger partial charge >= 0.3 is 0 Å². The maximum absolute atomic E-state index is 15.3. The topological polar surface area (TPSA) is 59.2 Å². The van der Waals surface area contributed by atoms with Crippen LogP contribution in [0.25, 0.3) is 34.7 Å². The van der Waals surface area contributed by atoms with E-state index in [-0.39, 0.29) is 18.3 Å². The van der Waals surface area contributed by atoms with Crippen molar-refractivity contribution in [1.82, 2.24) is 10.2 Å². The van der Waals surface area contributed by atoms with Crippen LogP contribution in [-0.2, 0) is 11.3 Å². The number of nitrogens with zero attached hydrogens (tertiary/aromatic N) is 3. The second-order valence-electron chi connectivity index (χ2n) is 7.46. The Morgan fingerprint density at radius 3 is 2.56 bits per heavy atom. The highest BCUT2D eigenvalue weighted by Gasteiger charge is 2.22. The Kier molecular flexibility index (Phi) is 5.07. The van der Waals surface area contributed by atoms with E-state index in [0.29, 0.717) is 38.9 Å². The first-order valence-electron chi connectivity index (χ1n) is 9.95. The third-order valence-electron chi connectivity index (χ3n) is 5.47. The van der Waals surface area contributed by atoms with Crippen LogP contribution in [-0.4, -0.2) is 16.1 Å². The van der Waals surface area contributed by atoms with Gasteiger partial charge in [-0.15, -0.1) is 10.2 Å². The number of anilines is 1. The third-order valence-corrected chi connectivity index (χ3v) is 5.71. The number of fused-ring (bicyclic) bond motifs is 2. The van der Waals surface area contributed by atoms with Gasteiger partial charge in [0.25, 0.3) is 0 Å². The van der Waals surface area contributed by atoms with E-state index in [0.717, 1.165) is 11.1 Å². The Balaban J connectivity index is 1.68. The summed E-state index contributed by atoms with van der Waals surface area (Å²) in [6.45, 7) is 1.78. The summed E-state index contributed by atoms with van der Waals surface area (Å²) in [5, 5.41) is 8.24. The van der Waals surface area contributed by atoms with Gasteiger partial charge in [0.15, 0.2) is 0 Å². The van der Waals surface area contributed by atoms with E-state index in [1.807, 2.05) is 30.4 Å². The van der Waals surface area contributed by atoms with Crippen molar-refractivity contribution in [2.24, 2.45) is 0 Å². The van der Waals surface area contributed by atoms with Gasteiger partial charge in [-0.05, 0) is 52.6 Å². The van der Waals surface area contributed by atoms with E-state index in [1.54, 1.807) is 35.2 Å². The van der Waals surface area contributed by atoms with Gasteiger partial charge in [0.1, 0.15) is 5.82 Å². The van der Waals surface area contributed by atoms with Crippen LogP contribution in [0.4, 0.5) is 10.1 Å². The summed E-state index contributed by atoms with van der Waals surface area (Å²) in [6, 6.07) is 15.9. The van der Waals surface area contributed by atoms with E-state index in [2.05, 4.69) is 10.2 Å². The Bertz CT molecular complexity index is 1370. The molecule has 0 atom stereocenters. The lowest BCUT2D eigenvalue weighted by Gasteiger charge is -2.26. The molecule has 4 aromatic rings. The molecule has 0 fully saturated rings. The normalized spacial score (nSPS) is 12.7. The summed E-state index contributed by atoms with van der Waals surface area (Å²) < 4.78 is 20.7. The Labute approximate surface area is 188 Å². The van der Waals surface area contributed by atoms with Crippen molar-refractivity contribution in [3.63, 3.8) is 0 Å². The smallest absolute Gasteiger partial charge is 0.248 e. The molecule has 3 aromatic carbocycles. The van der Waals surface area contributed by atoms with Crippen molar-refractivity contribution in [3.05, 3.63) is 88.5 Å². The molecule has 158 valence electrons. The van der Waals surface area contributed by atoms with Crippen LogP contribution in [0, 0.1) is 5.82 Å². The molecular formula is C25H17ClFN3O2. The number of aromatic nitrogens is 2. The van der Waals surface area contributed by atoms with Crippen LogP contribution >= 0.6 is 11.6 Å². The molecule has 5 rings (SSSR count). The van der Waals surface area contributed by atoms with Crippen molar-refractivity contribution in [2.45, 2.75) is 13.5 Å². The zero-order chi connectivity index (χ0) is 22.2. The molecule has 5 nitrogen and oxygen atoms in total. The van der Waals surface area contributed by atoms with Crippen LogP contribution in [0.1, 0.15) is 23.6 Å². The SMILES string of the molecule is CC(=O)N1Cc2cc(-c3ccccc3-c3nnco3)c(F)cc2C=Cc2ccc(Cl)cc21. The van der Waals surface area contributed by atoms with E-state index in [4.69, 9.17) is 16.0 Å². The predicted molar refractivity (Wildman–Crippen MR) is 122 cm³/mol. The van der Waals surface area contributed by atoms with Gasteiger partial charge in [-0.25, -0.2) is 4.39 Å². The summed E-state index contributed by atoms with van der Waals surface area (Å²) in [7, 11) is 0. The minimum atomic E-state index is -0.383. The van der Waals surface area contributed by atoms with Crippen LogP contribution < -0.4 is 4.90 Å². The van der Waals surface area contributed by atoms with Gasteiger partial charge in [0, 0.05) is 23.1 Å². The van der Waals surface area contributed by atoms with Gasteiger partial charge in [-0.3, -0.25) is 4.79 Å². The highest BCUT2D eigenvalue weighted by Crippen LogP contribution is 2.37. The molecule has 1 amide bonds. The highest BCUT2D eigenvalue weighted by molar-refractivity contribution is 6.31. The zero-order valence-corrected chi connectivity index (χ0v) is 17.8. The summed E-state index contributed by atoms with van der Waals surface area (Å²) in [4.78, 5) is 14.2. The first-order chi connectivity index (χ1) is 15.5. The van der Waals surface area contributed by atoms with Gasteiger partial charge in [0.05, 0.1) is 12.2 Å². The lowest BCUT2D eigenvalue weighted by Crippen LogP contribution is -2.29. The van der Waals surface area contributed by atoms with Gasteiger partial charge < -0.3 is 9.32 Å². The predicted octanol–water partition coefficient (Wildman–Crippen LogP) is 6.23. The summed E-state index contributed by atoms with van der Waals surface area (Å²) >= 11 is 6.20. The Morgan fingerprint density at radius 1 is 1.03 bits per heavy atom. The number of rotatable bonds is 2. The van der Waals surface area contributed by atoms with Gasteiger partial charge in [0.2, 0.25) is 18.2 Å². The molecule has 0 saturated carbocycles. The molecule has 0 aliphatic carbocycles. The van der Waals surface area contributed by atoms with Crippen LogP contribution in [0.15, 0.2) is 65.4 Å². The number of halogens is 2. The molecule has 0 radical (unpaired) electrons. The molecule has 0 bridgehead atoms. The molecule has 1 aliphatic rings. The third kappa shape index (κ3) is 3.59. The second kappa shape index (κ2) is 8.05. The van der Waals surface area contributed by atoms with Crippen molar-refractivity contribution >= 4 is 35.3 Å². The first-order valence-corrected chi connectivity index (χ1v) is 10.3. The Hall–Kier alpha value is -3.77. The van der Waals surface area contributed by atoms with E-state index < -0.39 is 0 Å². The van der Waals surface area contributed by atoms with Crippen LogP contribution in [0.2, 0.25) is 5.02 Å². The van der Waals surface area contributed by atoms with Gasteiger partial charge in [-0.1, -0.05) is 48.0 Å².